The smallest absolute Gasteiger partial charge is 0.273 e. The van der Waals surface area contributed by atoms with Crippen molar-refractivity contribution in [3.05, 3.63) is 68.5 Å². The molecule has 1 aromatic carbocycles. The molecule has 0 unspecified atom stereocenters. The third-order valence-corrected chi connectivity index (χ3v) is 3.53. The van der Waals surface area contributed by atoms with Crippen LogP contribution in [0, 0.1) is 6.92 Å². The molecule has 5 nitrogen and oxygen atoms in total. The van der Waals surface area contributed by atoms with Crippen molar-refractivity contribution >= 4 is 11.0 Å². The van der Waals surface area contributed by atoms with Crippen molar-refractivity contribution < 1.29 is 0 Å². The third-order valence-electron chi connectivity index (χ3n) is 3.53. The van der Waals surface area contributed by atoms with E-state index in [1.54, 1.807) is 6.07 Å². The minimum atomic E-state index is -0.470. The maximum Gasteiger partial charge on any atom is 0.334 e. The maximum absolute atomic E-state index is 12.3. The van der Waals surface area contributed by atoms with Crippen molar-refractivity contribution in [2.45, 2.75) is 20.3 Å². The largest absolute Gasteiger partial charge is 0.334 e. The van der Waals surface area contributed by atoms with E-state index in [1.807, 2.05) is 44.2 Å². The number of fused-ring (bicyclic) bond motifs is 1. The summed E-state index contributed by atoms with van der Waals surface area (Å²) in [4.78, 5) is 31.1. The fourth-order valence-corrected chi connectivity index (χ4v) is 2.39. The summed E-state index contributed by atoms with van der Waals surface area (Å²) in [6.07, 6.45) is 0.741. The van der Waals surface area contributed by atoms with E-state index in [2.05, 4.69) is 9.97 Å². The molecule has 0 saturated carbocycles. The molecule has 3 rings (SSSR count). The van der Waals surface area contributed by atoms with Crippen LogP contribution in [-0.2, 0) is 6.42 Å². The minimum absolute atomic E-state index is 0.400. The van der Waals surface area contributed by atoms with Crippen molar-refractivity contribution in [1.82, 2.24) is 14.5 Å². The highest BCUT2D eigenvalue weighted by molar-refractivity contribution is 5.76. The molecule has 0 aliphatic rings. The van der Waals surface area contributed by atoms with E-state index in [0.29, 0.717) is 11.0 Å². The van der Waals surface area contributed by atoms with Gasteiger partial charge in [-0.1, -0.05) is 25.1 Å². The second-order valence-corrected chi connectivity index (χ2v) is 4.91. The summed E-state index contributed by atoms with van der Waals surface area (Å²) in [5.41, 5.74) is 2.03. The number of pyridine rings is 1. The molecule has 0 atom stereocenters. The molecule has 2 heterocycles. The fourth-order valence-electron chi connectivity index (χ4n) is 2.39. The molecule has 0 saturated heterocycles. The lowest BCUT2D eigenvalue weighted by molar-refractivity contribution is 0.906. The number of H-pyrrole nitrogens is 1. The van der Waals surface area contributed by atoms with Gasteiger partial charge in [0.2, 0.25) is 0 Å². The van der Waals surface area contributed by atoms with Gasteiger partial charge in [0.15, 0.2) is 5.65 Å². The van der Waals surface area contributed by atoms with Crippen LogP contribution >= 0.6 is 0 Å². The number of aromatic amines is 1. The SMILES string of the molecule is CCc1ccc2c(=O)[nH]c(=O)n(-c3ccccc3C)c2n1. The van der Waals surface area contributed by atoms with Gasteiger partial charge >= 0.3 is 5.69 Å². The van der Waals surface area contributed by atoms with Crippen LogP contribution < -0.4 is 11.2 Å². The Morgan fingerprint density at radius 2 is 1.90 bits per heavy atom. The molecule has 106 valence electrons. The molecule has 0 aliphatic heterocycles. The van der Waals surface area contributed by atoms with Crippen LogP contribution in [0.25, 0.3) is 16.7 Å². The number of rotatable bonds is 2. The second kappa shape index (κ2) is 5.01. The van der Waals surface area contributed by atoms with E-state index in [1.165, 1.54) is 4.57 Å². The highest BCUT2D eigenvalue weighted by Gasteiger charge is 2.12. The minimum Gasteiger partial charge on any atom is -0.273 e. The van der Waals surface area contributed by atoms with Gasteiger partial charge in [-0.05, 0) is 37.1 Å². The average molecular weight is 281 g/mol. The molecule has 0 bridgehead atoms. The predicted molar refractivity (Wildman–Crippen MR) is 82.1 cm³/mol. The van der Waals surface area contributed by atoms with Crippen LogP contribution in [0.1, 0.15) is 18.2 Å². The Morgan fingerprint density at radius 3 is 2.62 bits per heavy atom. The lowest BCUT2D eigenvalue weighted by Gasteiger charge is -2.11. The van der Waals surface area contributed by atoms with E-state index < -0.39 is 11.2 Å². The van der Waals surface area contributed by atoms with E-state index in [0.717, 1.165) is 23.4 Å². The molecule has 3 aromatic rings. The first-order valence-corrected chi connectivity index (χ1v) is 6.82. The molecule has 21 heavy (non-hydrogen) atoms. The van der Waals surface area contributed by atoms with E-state index in [9.17, 15) is 9.59 Å². The summed E-state index contributed by atoms with van der Waals surface area (Å²) >= 11 is 0. The highest BCUT2D eigenvalue weighted by atomic mass is 16.2. The van der Waals surface area contributed by atoms with Crippen LogP contribution in [0.5, 0.6) is 0 Å². The summed E-state index contributed by atoms with van der Waals surface area (Å²) in [5, 5.41) is 0.412. The summed E-state index contributed by atoms with van der Waals surface area (Å²) in [7, 11) is 0. The molecule has 1 N–H and O–H groups in total. The van der Waals surface area contributed by atoms with Crippen molar-refractivity contribution in [1.29, 1.82) is 0 Å². The Kier molecular flexibility index (Phi) is 3.17. The molecular formula is C16H15N3O2. The molecule has 0 aliphatic carbocycles. The molecule has 0 spiro atoms. The lowest BCUT2D eigenvalue weighted by Crippen LogP contribution is -2.30. The van der Waals surface area contributed by atoms with Crippen LogP contribution in [0.2, 0.25) is 0 Å². The van der Waals surface area contributed by atoms with Gasteiger partial charge in [-0.15, -0.1) is 0 Å². The van der Waals surface area contributed by atoms with E-state index in [-0.39, 0.29) is 0 Å². The monoisotopic (exact) mass is 281 g/mol. The van der Waals surface area contributed by atoms with Crippen LogP contribution in [-0.4, -0.2) is 14.5 Å². The van der Waals surface area contributed by atoms with Crippen LogP contribution in [0.3, 0.4) is 0 Å². The number of nitrogens with one attached hydrogen (secondary N) is 1. The lowest BCUT2D eigenvalue weighted by atomic mass is 10.2. The molecule has 0 radical (unpaired) electrons. The highest BCUT2D eigenvalue weighted by Crippen LogP contribution is 2.16. The first-order valence-electron chi connectivity index (χ1n) is 6.82. The van der Waals surface area contributed by atoms with Crippen molar-refractivity contribution in [3.8, 4) is 5.69 Å². The zero-order chi connectivity index (χ0) is 15.0. The molecule has 2 aromatic heterocycles. The number of hydrogen-bond donors (Lipinski definition) is 1. The zero-order valence-corrected chi connectivity index (χ0v) is 11.9. The Hall–Kier alpha value is -2.69. The predicted octanol–water partition coefficient (Wildman–Crippen LogP) is 1.94. The number of para-hydroxylation sites is 1. The van der Waals surface area contributed by atoms with E-state index >= 15 is 0 Å². The topological polar surface area (TPSA) is 67.8 Å². The Labute approximate surface area is 120 Å². The molecule has 0 fully saturated rings. The standard InChI is InChI=1S/C16H15N3O2/c1-3-11-8-9-12-14(17-11)19(16(21)18-15(12)20)13-7-5-4-6-10(13)2/h4-9H,3H2,1-2H3,(H,18,20,21). The van der Waals surface area contributed by atoms with Gasteiger partial charge in [-0.25, -0.2) is 14.3 Å². The maximum atomic E-state index is 12.3. The first kappa shape index (κ1) is 13.3. The van der Waals surface area contributed by atoms with Gasteiger partial charge in [-0.3, -0.25) is 9.78 Å². The van der Waals surface area contributed by atoms with Crippen molar-refractivity contribution in [2.75, 3.05) is 0 Å². The van der Waals surface area contributed by atoms with Gasteiger partial charge in [0.1, 0.15) is 0 Å². The quantitative estimate of drug-likeness (QED) is 0.780. The summed E-state index contributed by atoms with van der Waals surface area (Å²) in [5.74, 6) is 0. The Balaban J connectivity index is 2.50. The van der Waals surface area contributed by atoms with Crippen molar-refractivity contribution in [2.24, 2.45) is 0 Å². The number of aromatic nitrogens is 3. The number of aryl methyl sites for hydroxylation is 2. The average Bonchev–Trinajstić information content (AvgIpc) is 2.48. The second-order valence-electron chi connectivity index (χ2n) is 4.91. The molecule has 5 heteroatoms. The number of hydrogen-bond acceptors (Lipinski definition) is 3. The normalized spacial score (nSPS) is 11.0. The van der Waals surface area contributed by atoms with Crippen molar-refractivity contribution in [3.63, 3.8) is 0 Å². The summed E-state index contributed by atoms with van der Waals surface area (Å²) in [6.45, 7) is 3.90. The Morgan fingerprint density at radius 1 is 1.14 bits per heavy atom. The zero-order valence-electron chi connectivity index (χ0n) is 11.9. The molecular weight excluding hydrogens is 266 g/mol. The van der Waals surface area contributed by atoms with Gasteiger partial charge in [0, 0.05) is 5.69 Å². The fraction of sp³-hybridized carbons (Fsp3) is 0.188. The molecule has 0 amide bonds. The van der Waals surface area contributed by atoms with Gasteiger partial charge < -0.3 is 0 Å². The summed E-state index contributed by atoms with van der Waals surface area (Å²) in [6, 6.07) is 11.0. The first-order chi connectivity index (χ1) is 10.1. The van der Waals surface area contributed by atoms with Gasteiger partial charge in [0.05, 0.1) is 11.1 Å². The van der Waals surface area contributed by atoms with Gasteiger partial charge in [-0.2, -0.15) is 0 Å². The summed E-state index contributed by atoms with van der Waals surface area (Å²) < 4.78 is 1.46. The van der Waals surface area contributed by atoms with Crippen LogP contribution in [0.4, 0.5) is 0 Å². The Bertz CT molecular complexity index is 938. The van der Waals surface area contributed by atoms with Crippen LogP contribution in [0.15, 0.2) is 46.0 Å². The van der Waals surface area contributed by atoms with E-state index in [4.69, 9.17) is 0 Å². The third kappa shape index (κ3) is 2.16. The number of benzene rings is 1. The number of nitrogens with zero attached hydrogens (tertiary/aromatic N) is 2. The van der Waals surface area contributed by atoms with Gasteiger partial charge in [0.25, 0.3) is 5.56 Å².